The van der Waals surface area contributed by atoms with Crippen molar-refractivity contribution in [2.75, 3.05) is 6.61 Å². The molecule has 1 heterocycles. The van der Waals surface area contributed by atoms with E-state index < -0.39 is 0 Å². The molecule has 2 rings (SSSR count). The van der Waals surface area contributed by atoms with E-state index in [1.165, 1.54) is 0 Å². The predicted octanol–water partition coefficient (Wildman–Crippen LogP) is 1.95. The topological polar surface area (TPSA) is 67.2 Å². The van der Waals surface area contributed by atoms with Gasteiger partial charge in [0.05, 0.1) is 30.0 Å². The van der Waals surface area contributed by atoms with Gasteiger partial charge in [-0.15, -0.1) is 0 Å². The van der Waals surface area contributed by atoms with Gasteiger partial charge in [-0.1, -0.05) is 26.0 Å². The van der Waals surface area contributed by atoms with Crippen LogP contribution >= 0.6 is 0 Å². The number of imidazole rings is 1. The number of aryl methyl sites for hydroxylation is 1. The molecule has 114 valence electrons. The fourth-order valence-electron chi connectivity index (χ4n) is 2.46. The Morgan fingerprint density at radius 1 is 1.38 bits per heavy atom. The number of nitrogens with zero attached hydrogens (tertiary/aromatic N) is 2. The van der Waals surface area contributed by atoms with Crippen molar-refractivity contribution < 1.29 is 9.90 Å². The number of fused-ring (bicyclic) bond motifs is 1. The van der Waals surface area contributed by atoms with Crippen molar-refractivity contribution in [3.63, 3.8) is 0 Å². The lowest BCUT2D eigenvalue weighted by atomic mass is 10.0. The molecule has 0 radical (unpaired) electrons. The van der Waals surface area contributed by atoms with Crippen LogP contribution in [0.5, 0.6) is 0 Å². The maximum Gasteiger partial charge on any atom is 0.222 e. The van der Waals surface area contributed by atoms with Crippen LogP contribution in [0.4, 0.5) is 0 Å². The Bertz CT molecular complexity index is 592. The van der Waals surface area contributed by atoms with Crippen molar-refractivity contribution in [3.8, 4) is 0 Å². The summed E-state index contributed by atoms with van der Waals surface area (Å²) >= 11 is 0. The van der Waals surface area contributed by atoms with Gasteiger partial charge in [0.2, 0.25) is 5.91 Å². The van der Waals surface area contributed by atoms with Crippen LogP contribution in [0.2, 0.25) is 0 Å². The third-order valence-corrected chi connectivity index (χ3v) is 3.45. The molecule has 21 heavy (non-hydrogen) atoms. The van der Waals surface area contributed by atoms with Gasteiger partial charge in [0, 0.05) is 13.0 Å². The second-order valence-corrected chi connectivity index (χ2v) is 5.75. The minimum absolute atomic E-state index is 0.0159. The Hall–Kier alpha value is -1.88. The molecule has 2 N–H and O–H groups in total. The molecular formula is C16H23N3O2. The summed E-state index contributed by atoms with van der Waals surface area (Å²) < 4.78 is 1.98. The highest BCUT2D eigenvalue weighted by molar-refractivity contribution is 5.77. The molecule has 0 fully saturated rings. The third kappa shape index (κ3) is 4.29. The van der Waals surface area contributed by atoms with E-state index in [1.54, 1.807) is 6.33 Å². The SMILES string of the molecule is CC(C)CC(CO)NC(=O)CCn1cnc2ccccc21. The minimum Gasteiger partial charge on any atom is -0.394 e. The first-order chi connectivity index (χ1) is 10.1. The fourth-order valence-corrected chi connectivity index (χ4v) is 2.46. The highest BCUT2D eigenvalue weighted by Gasteiger charge is 2.13. The molecule has 1 atom stereocenters. The summed E-state index contributed by atoms with van der Waals surface area (Å²) in [7, 11) is 0. The van der Waals surface area contributed by atoms with E-state index in [2.05, 4.69) is 24.1 Å². The van der Waals surface area contributed by atoms with Gasteiger partial charge in [-0.25, -0.2) is 4.98 Å². The van der Waals surface area contributed by atoms with Gasteiger partial charge in [0.25, 0.3) is 0 Å². The molecule has 0 aliphatic heterocycles. The number of amides is 1. The van der Waals surface area contributed by atoms with Crippen LogP contribution in [0, 0.1) is 5.92 Å². The van der Waals surface area contributed by atoms with Crippen molar-refractivity contribution in [2.45, 2.75) is 39.3 Å². The van der Waals surface area contributed by atoms with Gasteiger partial charge < -0.3 is 15.0 Å². The molecule has 0 saturated heterocycles. The predicted molar refractivity (Wildman–Crippen MR) is 82.8 cm³/mol. The quantitative estimate of drug-likeness (QED) is 0.818. The van der Waals surface area contributed by atoms with E-state index >= 15 is 0 Å². The number of aromatic nitrogens is 2. The van der Waals surface area contributed by atoms with E-state index in [-0.39, 0.29) is 18.6 Å². The summed E-state index contributed by atoms with van der Waals surface area (Å²) in [6.07, 6.45) is 2.93. The first kappa shape index (κ1) is 15.5. The van der Waals surface area contributed by atoms with Crippen LogP contribution in [0.25, 0.3) is 11.0 Å². The summed E-state index contributed by atoms with van der Waals surface area (Å²) in [4.78, 5) is 16.3. The van der Waals surface area contributed by atoms with Crippen LogP contribution in [0.1, 0.15) is 26.7 Å². The van der Waals surface area contributed by atoms with Gasteiger partial charge >= 0.3 is 0 Å². The number of hydrogen-bond donors (Lipinski definition) is 2. The zero-order chi connectivity index (χ0) is 15.2. The van der Waals surface area contributed by atoms with Crippen LogP contribution in [0.3, 0.4) is 0 Å². The average Bonchev–Trinajstić information content (AvgIpc) is 2.87. The lowest BCUT2D eigenvalue weighted by Gasteiger charge is -2.18. The Kier molecular flexibility index (Phi) is 5.33. The van der Waals surface area contributed by atoms with Crippen molar-refractivity contribution in [2.24, 2.45) is 5.92 Å². The first-order valence-electron chi connectivity index (χ1n) is 7.40. The summed E-state index contributed by atoms with van der Waals surface area (Å²) in [5, 5.41) is 12.2. The van der Waals surface area contributed by atoms with Crippen molar-refractivity contribution in [3.05, 3.63) is 30.6 Å². The highest BCUT2D eigenvalue weighted by Crippen LogP contribution is 2.12. The fraction of sp³-hybridized carbons (Fsp3) is 0.500. The minimum atomic E-state index is -0.156. The van der Waals surface area contributed by atoms with E-state index in [9.17, 15) is 9.90 Å². The number of carbonyl (C=O) groups excluding carboxylic acids is 1. The monoisotopic (exact) mass is 289 g/mol. The van der Waals surface area contributed by atoms with Crippen LogP contribution in [-0.4, -0.2) is 33.2 Å². The Morgan fingerprint density at radius 2 is 2.14 bits per heavy atom. The molecule has 1 aromatic carbocycles. The molecule has 0 aliphatic carbocycles. The molecule has 0 saturated carbocycles. The molecule has 5 heteroatoms. The highest BCUT2D eigenvalue weighted by atomic mass is 16.3. The second-order valence-electron chi connectivity index (χ2n) is 5.75. The van der Waals surface area contributed by atoms with E-state index in [0.29, 0.717) is 18.9 Å². The van der Waals surface area contributed by atoms with Gasteiger partial charge in [-0.2, -0.15) is 0 Å². The molecule has 5 nitrogen and oxygen atoms in total. The molecule has 1 unspecified atom stereocenters. The number of aliphatic hydroxyl groups excluding tert-OH is 1. The first-order valence-corrected chi connectivity index (χ1v) is 7.40. The lowest BCUT2D eigenvalue weighted by Crippen LogP contribution is -2.38. The van der Waals surface area contributed by atoms with Crippen LogP contribution in [-0.2, 0) is 11.3 Å². The number of hydrogen-bond acceptors (Lipinski definition) is 3. The second kappa shape index (κ2) is 7.22. The number of nitrogens with one attached hydrogen (secondary N) is 1. The number of rotatable bonds is 7. The maximum atomic E-state index is 12.0. The zero-order valence-corrected chi connectivity index (χ0v) is 12.6. The zero-order valence-electron chi connectivity index (χ0n) is 12.6. The van der Waals surface area contributed by atoms with E-state index in [0.717, 1.165) is 17.5 Å². The summed E-state index contributed by atoms with van der Waals surface area (Å²) in [6.45, 7) is 4.73. The largest absolute Gasteiger partial charge is 0.394 e. The van der Waals surface area contributed by atoms with Crippen LogP contribution in [0.15, 0.2) is 30.6 Å². The Labute approximate surface area is 125 Å². The lowest BCUT2D eigenvalue weighted by molar-refractivity contribution is -0.122. The average molecular weight is 289 g/mol. The van der Waals surface area contributed by atoms with Gasteiger partial charge in [-0.3, -0.25) is 4.79 Å². The van der Waals surface area contributed by atoms with Crippen molar-refractivity contribution in [1.82, 2.24) is 14.9 Å². The smallest absolute Gasteiger partial charge is 0.222 e. The number of carbonyl (C=O) groups is 1. The maximum absolute atomic E-state index is 12.0. The normalized spacial score (nSPS) is 12.8. The molecule has 0 spiro atoms. The molecule has 0 aliphatic rings. The molecular weight excluding hydrogens is 266 g/mol. The van der Waals surface area contributed by atoms with E-state index in [4.69, 9.17) is 0 Å². The molecule has 1 amide bonds. The summed E-state index contributed by atoms with van der Waals surface area (Å²) in [6, 6.07) is 7.71. The third-order valence-electron chi connectivity index (χ3n) is 3.45. The number of para-hydroxylation sites is 2. The molecule has 1 aromatic heterocycles. The summed E-state index contributed by atoms with van der Waals surface area (Å²) in [5.41, 5.74) is 1.97. The Morgan fingerprint density at radius 3 is 2.86 bits per heavy atom. The standard InChI is InChI=1S/C16H23N3O2/c1-12(2)9-13(10-20)18-16(21)7-8-19-11-17-14-5-3-4-6-15(14)19/h3-6,11-13,20H,7-10H2,1-2H3,(H,18,21). The molecule has 0 bridgehead atoms. The Balaban J connectivity index is 1.89. The van der Waals surface area contributed by atoms with Crippen molar-refractivity contribution >= 4 is 16.9 Å². The van der Waals surface area contributed by atoms with Gasteiger partial charge in [0.15, 0.2) is 0 Å². The van der Waals surface area contributed by atoms with E-state index in [1.807, 2.05) is 28.8 Å². The van der Waals surface area contributed by atoms with Crippen LogP contribution < -0.4 is 5.32 Å². The van der Waals surface area contributed by atoms with Gasteiger partial charge in [-0.05, 0) is 24.5 Å². The molecule has 2 aromatic rings. The number of benzene rings is 1. The van der Waals surface area contributed by atoms with Crippen molar-refractivity contribution in [1.29, 1.82) is 0 Å². The summed E-state index contributed by atoms with van der Waals surface area (Å²) in [5.74, 6) is 0.410. The number of aliphatic hydroxyl groups is 1. The van der Waals surface area contributed by atoms with Gasteiger partial charge in [0.1, 0.15) is 0 Å².